The lowest BCUT2D eigenvalue weighted by molar-refractivity contribution is 0.0188. The smallest absolute Gasteiger partial charge is 0.410 e. The van der Waals surface area contributed by atoms with E-state index in [9.17, 15) is 4.79 Å². The van der Waals surface area contributed by atoms with E-state index >= 15 is 0 Å². The highest BCUT2D eigenvalue weighted by molar-refractivity contribution is 5.68. The molecule has 4 rings (SSSR count). The number of aromatic nitrogens is 4. The molecule has 1 saturated heterocycles. The average molecular weight is 466 g/mol. The van der Waals surface area contributed by atoms with Crippen molar-refractivity contribution in [3.63, 3.8) is 0 Å². The predicted molar refractivity (Wildman–Crippen MR) is 131 cm³/mol. The van der Waals surface area contributed by atoms with E-state index in [1.807, 2.05) is 31.7 Å². The Balaban J connectivity index is 1.35. The van der Waals surface area contributed by atoms with Crippen LogP contribution in [-0.4, -0.2) is 63.4 Å². The van der Waals surface area contributed by atoms with Gasteiger partial charge in [-0.2, -0.15) is 5.10 Å². The van der Waals surface area contributed by atoms with Crippen LogP contribution in [0.4, 0.5) is 22.1 Å². The second-order valence-corrected chi connectivity index (χ2v) is 9.84. The molecule has 1 saturated carbocycles. The Morgan fingerprint density at radius 1 is 1.15 bits per heavy atom. The molecule has 2 aromatic rings. The van der Waals surface area contributed by atoms with Gasteiger partial charge in [-0.05, 0) is 52.4 Å². The Morgan fingerprint density at radius 2 is 1.91 bits per heavy atom. The van der Waals surface area contributed by atoms with Gasteiger partial charge in [0.1, 0.15) is 11.4 Å². The van der Waals surface area contributed by atoms with Crippen molar-refractivity contribution in [2.45, 2.75) is 58.0 Å². The van der Waals surface area contributed by atoms with Crippen molar-refractivity contribution in [2.75, 3.05) is 37.3 Å². The average Bonchev–Trinajstić information content (AvgIpc) is 3.64. The first kappa shape index (κ1) is 23.7. The van der Waals surface area contributed by atoms with Crippen LogP contribution in [0.2, 0.25) is 0 Å². The van der Waals surface area contributed by atoms with Gasteiger partial charge >= 0.3 is 12.2 Å². The first-order valence-electron chi connectivity index (χ1n) is 11.8. The molecule has 2 aliphatic rings. The fourth-order valence-corrected chi connectivity index (χ4v) is 3.86. The minimum Gasteiger partial charge on any atom is -0.444 e. The summed E-state index contributed by atoms with van der Waals surface area (Å²) in [6.07, 6.45) is 7.17. The highest BCUT2D eigenvalue weighted by Gasteiger charge is 2.30. The van der Waals surface area contributed by atoms with Crippen molar-refractivity contribution in [3.05, 3.63) is 34.7 Å². The van der Waals surface area contributed by atoms with Gasteiger partial charge in [0.15, 0.2) is 5.82 Å². The van der Waals surface area contributed by atoms with Crippen molar-refractivity contribution in [3.8, 4) is 6.07 Å². The fourth-order valence-electron chi connectivity index (χ4n) is 3.86. The van der Waals surface area contributed by atoms with Crippen LogP contribution >= 0.6 is 0 Å². The SMILES string of the molecule is C[N+]#Cc1cnc(Nc2cc(NCC3CCN(C(=O)OC(C)(C)C)CC3)c(C3CC3)nn2)cn1. The number of carbonyl (C=O) groups is 1. The van der Waals surface area contributed by atoms with Crippen molar-refractivity contribution < 1.29 is 9.53 Å². The van der Waals surface area contributed by atoms with E-state index in [1.165, 1.54) is 0 Å². The van der Waals surface area contributed by atoms with Crippen molar-refractivity contribution in [1.29, 1.82) is 0 Å². The third-order valence-corrected chi connectivity index (χ3v) is 5.77. The standard InChI is InChI=1S/C24H32N8O2/c1-24(2,3)34-23(33)32-9-7-16(8-10-32)12-27-19-11-20(30-31-22(19)17-5-6-17)29-21-15-26-18(13-25-4)14-28-21/h11,14-17H,5-10,12H2,1-4H3,(H,27,30)/p+1. The number of amides is 1. The maximum Gasteiger partial charge on any atom is 0.410 e. The number of ether oxygens (including phenoxy) is 1. The molecular weight excluding hydrogens is 432 g/mol. The summed E-state index contributed by atoms with van der Waals surface area (Å²) in [4.78, 5) is 26.5. The number of nitrogens with zero attached hydrogens (tertiary/aromatic N) is 6. The second-order valence-electron chi connectivity index (χ2n) is 9.84. The largest absolute Gasteiger partial charge is 0.444 e. The van der Waals surface area contributed by atoms with Gasteiger partial charge in [-0.1, -0.05) is 4.85 Å². The molecule has 0 atom stereocenters. The summed E-state index contributed by atoms with van der Waals surface area (Å²) < 4.78 is 5.50. The van der Waals surface area contributed by atoms with E-state index in [0.29, 0.717) is 42.3 Å². The van der Waals surface area contributed by atoms with Crippen LogP contribution in [0.5, 0.6) is 0 Å². The van der Waals surface area contributed by atoms with Crippen LogP contribution in [0.1, 0.15) is 63.8 Å². The molecule has 34 heavy (non-hydrogen) atoms. The summed E-state index contributed by atoms with van der Waals surface area (Å²) in [6, 6.07) is 4.75. The van der Waals surface area contributed by atoms with Crippen LogP contribution in [0.3, 0.4) is 0 Å². The van der Waals surface area contributed by atoms with Gasteiger partial charge in [0, 0.05) is 31.6 Å². The number of hydrogen-bond donors (Lipinski definition) is 2. The van der Waals surface area contributed by atoms with Gasteiger partial charge in [-0.25, -0.2) is 14.8 Å². The summed E-state index contributed by atoms with van der Waals surface area (Å²) in [5, 5.41) is 15.6. The quantitative estimate of drug-likeness (QED) is 0.651. The van der Waals surface area contributed by atoms with Gasteiger partial charge < -0.3 is 20.3 Å². The van der Waals surface area contributed by atoms with E-state index in [4.69, 9.17) is 4.74 Å². The molecule has 0 unspecified atom stereocenters. The van der Waals surface area contributed by atoms with Gasteiger partial charge in [-0.15, -0.1) is 5.10 Å². The zero-order chi connectivity index (χ0) is 24.1. The molecule has 0 spiro atoms. The lowest BCUT2D eigenvalue weighted by Crippen LogP contribution is -2.42. The highest BCUT2D eigenvalue weighted by atomic mass is 16.6. The second kappa shape index (κ2) is 10.2. The van der Waals surface area contributed by atoms with Crippen LogP contribution in [0.15, 0.2) is 18.5 Å². The normalized spacial score (nSPS) is 16.4. The number of nitrogens with one attached hydrogen (secondary N) is 2. The molecule has 2 fully saturated rings. The number of piperidine rings is 1. The fraction of sp³-hybridized carbons (Fsp3) is 0.583. The minimum atomic E-state index is -0.468. The molecule has 3 heterocycles. The van der Waals surface area contributed by atoms with E-state index in [1.54, 1.807) is 19.4 Å². The summed E-state index contributed by atoms with van der Waals surface area (Å²) in [5.41, 5.74) is 2.13. The lowest BCUT2D eigenvalue weighted by Gasteiger charge is -2.33. The number of likely N-dealkylation sites (tertiary alicyclic amines) is 1. The molecule has 1 amide bonds. The van der Waals surface area contributed by atoms with Gasteiger partial charge in [-0.3, -0.25) is 0 Å². The third kappa shape index (κ3) is 6.53. The van der Waals surface area contributed by atoms with E-state index < -0.39 is 5.60 Å². The molecule has 1 aliphatic heterocycles. The maximum absolute atomic E-state index is 12.3. The highest BCUT2D eigenvalue weighted by Crippen LogP contribution is 2.42. The van der Waals surface area contributed by atoms with Crippen molar-refractivity contribution in [1.82, 2.24) is 25.1 Å². The zero-order valence-electron chi connectivity index (χ0n) is 20.3. The van der Waals surface area contributed by atoms with Gasteiger partial charge in [0.25, 0.3) is 7.05 Å². The Kier molecular flexibility index (Phi) is 7.10. The molecule has 0 aromatic carbocycles. The van der Waals surface area contributed by atoms with Crippen molar-refractivity contribution in [2.24, 2.45) is 5.92 Å². The molecule has 180 valence electrons. The number of anilines is 3. The number of carbonyl (C=O) groups excluding carboxylic acids is 1. The molecule has 10 nitrogen and oxygen atoms in total. The van der Waals surface area contributed by atoms with Crippen LogP contribution < -0.4 is 10.6 Å². The van der Waals surface area contributed by atoms with Crippen LogP contribution in [0.25, 0.3) is 4.85 Å². The Hall–Kier alpha value is -3.48. The monoisotopic (exact) mass is 465 g/mol. The summed E-state index contributed by atoms with van der Waals surface area (Å²) in [7, 11) is 1.64. The molecule has 2 aromatic heterocycles. The lowest BCUT2D eigenvalue weighted by atomic mass is 9.97. The predicted octanol–water partition coefficient (Wildman–Crippen LogP) is 4.26. The van der Waals surface area contributed by atoms with Crippen LogP contribution in [0, 0.1) is 12.0 Å². The Bertz CT molecular complexity index is 1060. The minimum absolute atomic E-state index is 0.222. The van der Waals surface area contributed by atoms with Crippen LogP contribution in [-0.2, 0) is 4.74 Å². The summed E-state index contributed by atoms with van der Waals surface area (Å²) >= 11 is 0. The van der Waals surface area contributed by atoms with Gasteiger partial charge in [0.2, 0.25) is 5.69 Å². The molecule has 10 heteroatoms. The maximum atomic E-state index is 12.3. The molecule has 2 N–H and O–H groups in total. The molecule has 0 radical (unpaired) electrons. The number of hydrogen-bond acceptors (Lipinski definition) is 8. The molecule has 0 bridgehead atoms. The first-order chi connectivity index (χ1) is 16.3. The summed E-state index contributed by atoms with van der Waals surface area (Å²) in [6.45, 7) is 7.94. The first-order valence-corrected chi connectivity index (χ1v) is 11.8. The topological polar surface area (TPSA) is 110 Å². The summed E-state index contributed by atoms with van der Waals surface area (Å²) in [5.74, 6) is 2.14. The van der Waals surface area contributed by atoms with Crippen molar-refractivity contribution >= 4 is 23.4 Å². The number of rotatable bonds is 6. The van der Waals surface area contributed by atoms with E-state index in [-0.39, 0.29) is 6.09 Å². The molecule has 1 aliphatic carbocycles. The molecular formula is C24H33N8O2+. The van der Waals surface area contributed by atoms with E-state index in [0.717, 1.165) is 43.6 Å². The third-order valence-electron chi connectivity index (χ3n) is 5.77. The van der Waals surface area contributed by atoms with E-state index in [2.05, 4.69) is 41.7 Å². The van der Waals surface area contributed by atoms with Gasteiger partial charge in [0.05, 0.1) is 23.8 Å². The Morgan fingerprint density at radius 3 is 2.53 bits per heavy atom. The Labute approximate surface area is 200 Å². The zero-order valence-corrected chi connectivity index (χ0v) is 20.3.